The van der Waals surface area contributed by atoms with Crippen molar-refractivity contribution in [3.8, 4) is 0 Å². The Kier molecular flexibility index (Phi) is 7.42. The number of likely N-dealkylation sites (N-methyl/N-ethyl adjacent to an activating group) is 1. The van der Waals surface area contributed by atoms with Crippen LogP contribution in [0, 0.1) is 0 Å². The van der Waals surface area contributed by atoms with Gasteiger partial charge in [0.25, 0.3) is 0 Å². The van der Waals surface area contributed by atoms with Crippen molar-refractivity contribution in [2.75, 3.05) is 32.0 Å². The maximum absolute atomic E-state index is 12.0. The zero-order valence-electron chi connectivity index (χ0n) is 12.7. The molecule has 0 radical (unpaired) electrons. The molecule has 0 aliphatic carbocycles. The molecule has 6 nitrogen and oxygen atoms in total. The van der Waals surface area contributed by atoms with Crippen molar-refractivity contribution in [1.82, 2.24) is 10.2 Å². The van der Waals surface area contributed by atoms with E-state index in [0.717, 1.165) is 17.7 Å². The van der Waals surface area contributed by atoms with Gasteiger partial charge in [-0.25, -0.2) is 0 Å². The van der Waals surface area contributed by atoms with Crippen molar-refractivity contribution in [2.24, 2.45) is 5.73 Å². The standard InChI is InChI=1S/C15H24N4O2/c1-3-8-19(10-14(20)17-2)11-15(21)18-13-6-4-12(9-16)5-7-13/h4-7H,3,8-11,16H2,1-2H3,(H,17,20)(H,18,21). The van der Waals surface area contributed by atoms with Crippen LogP contribution in [0.25, 0.3) is 0 Å². The molecule has 0 fully saturated rings. The van der Waals surface area contributed by atoms with Gasteiger partial charge in [-0.15, -0.1) is 0 Å². The molecule has 0 spiro atoms. The van der Waals surface area contributed by atoms with Crippen LogP contribution in [0.3, 0.4) is 0 Å². The summed E-state index contributed by atoms with van der Waals surface area (Å²) in [6, 6.07) is 7.40. The Morgan fingerprint density at radius 1 is 1.14 bits per heavy atom. The molecule has 0 saturated heterocycles. The van der Waals surface area contributed by atoms with Gasteiger partial charge in [-0.3, -0.25) is 14.5 Å². The van der Waals surface area contributed by atoms with E-state index in [1.165, 1.54) is 0 Å². The summed E-state index contributed by atoms with van der Waals surface area (Å²) < 4.78 is 0. The highest BCUT2D eigenvalue weighted by atomic mass is 16.2. The Morgan fingerprint density at radius 3 is 2.29 bits per heavy atom. The summed E-state index contributed by atoms with van der Waals surface area (Å²) in [5.74, 6) is -0.226. The lowest BCUT2D eigenvalue weighted by Gasteiger charge is -2.20. The molecule has 1 aromatic carbocycles. The Balaban J connectivity index is 2.53. The number of carbonyl (C=O) groups is 2. The second-order valence-corrected chi connectivity index (χ2v) is 4.83. The summed E-state index contributed by atoms with van der Waals surface area (Å²) in [5, 5.41) is 5.39. The number of hydrogen-bond acceptors (Lipinski definition) is 4. The van der Waals surface area contributed by atoms with Gasteiger partial charge in [0.1, 0.15) is 0 Å². The first-order valence-electron chi connectivity index (χ1n) is 7.10. The first-order valence-corrected chi connectivity index (χ1v) is 7.10. The summed E-state index contributed by atoms with van der Waals surface area (Å²) in [6.45, 7) is 3.61. The number of amides is 2. The molecule has 21 heavy (non-hydrogen) atoms. The number of rotatable bonds is 8. The van der Waals surface area contributed by atoms with E-state index in [9.17, 15) is 9.59 Å². The van der Waals surface area contributed by atoms with Crippen molar-refractivity contribution in [3.63, 3.8) is 0 Å². The fourth-order valence-electron chi connectivity index (χ4n) is 1.94. The third-order valence-electron chi connectivity index (χ3n) is 3.03. The number of benzene rings is 1. The molecule has 1 rings (SSSR count). The largest absolute Gasteiger partial charge is 0.358 e. The van der Waals surface area contributed by atoms with Gasteiger partial charge in [0.15, 0.2) is 0 Å². The summed E-state index contributed by atoms with van der Waals surface area (Å²) in [7, 11) is 1.59. The van der Waals surface area contributed by atoms with Crippen LogP contribution >= 0.6 is 0 Å². The predicted octanol–water partition coefficient (Wildman–Crippen LogP) is 0.542. The molecule has 2 amide bonds. The summed E-state index contributed by atoms with van der Waals surface area (Å²) >= 11 is 0. The van der Waals surface area contributed by atoms with E-state index < -0.39 is 0 Å². The van der Waals surface area contributed by atoms with Crippen molar-refractivity contribution in [3.05, 3.63) is 29.8 Å². The predicted molar refractivity (Wildman–Crippen MR) is 83.8 cm³/mol. The van der Waals surface area contributed by atoms with Crippen molar-refractivity contribution < 1.29 is 9.59 Å². The molecule has 0 atom stereocenters. The van der Waals surface area contributed by atoms with Crippen molar-refractivity contribution in [2.45, 2.75) is 19.9 Å². The Morgan fingerprint density at radius 2 is 1.76 bits per heavy atom. The van der Waals surface area contributed by atoms with Crippen LogP contribution in [-0.4, -0.2) is 43.4 Å². The molecule has 0 heterocycles. The number of nitrogens with two attached hydrogens (primary N) is 1. The summed E-state index contributed by atoms with van der Waals surface area (Å²) in [5.41, 5.74) is 7.27. The maximum Gasteiger partial charge on any atom is 0.238 e. The van der Waals surface area contributed by atoms with Gasteiger partial charge in [-0.05, 0) is 30.7 Å². The fourth-order valence-corrected chi connectivity index (χ4v) is 1.94. The maximum atomic E-state index is 12.0. The van der Waals surface area contributed by atoms with Crippen LogP contribution in [0.15, 0.2) is 24.3 Å². The number of anilines is 1. The average Bonchev–Trinajstić information content (AvgIpc) is 2.48. The highest BCUT2D eigenvalue weighted by molar-refractivity contribution is 5.92. The fraction of sp³-hybridized carbons (Fsp3) is 0.467. The van der Waals surface area contributed by atoms with Crippen LogP contribution in [0.1, 0.15) is 18.9 Å². The molecule has 4 N–H and O–H groups in total. The molecular formula is C15H24N4O2. The second kappa shape index (κ2) is 9.10. The van der Waals surface area contributed by atoms with Gasteiger partial charge >= 0.3 is 0 Å². The molecule has 116 valence electrons. The first kappa shape index (κ1) is 17.1. The van der Waals surface area contributed by atoms with Crippen molar-refractivity contribution >= 4 is 17.5 Å². The van der Waals surface area contributed by atoms with Gasteiger partial charge in [-0.2, -0.15) is 0 Å². The van der Waals surface area contributed by atoms with Crippen LogP contribution in [0.2, 0.25) is 0 Å². The number of nitrogens with zero attached hydrogens (tertiary/aromatic N) is 1. The van der Waals surface area contributed by atoms with Crippen LogP contribution in [0.4, 0.5) is 5.69 Å². The first-order chi connectivity index (χ1) is 10.1. The minimum Gasteiger partial charge on any atom is -0.358 e. The molecule has 1 aromatic rings. The summed E-state index contributed by atoms with van der Waals surface area (Å²) in [4.78, 5) is 25.2. The third kappa shape index (κ3) is 6.37. The van der Waals surface area contributed by atoms with E-state index in [1.54, 1.807) is 7.05 Å². The Labute approximate surface area is 125 Å². The van der Waals surface area contributed by atoms with E-state index in [4.69, 9.17) is 5.73 Å². The minimum absolute atomic E-state index is 0.0939. The molecule has 0 aliphatic rings. The van der Waals surface area contributed by atoms with Gasteiger partial charge in [0, 0.05) is 19.3 Å². The normalized spacial score (nSPS) is 10.5. The van der Waals surface area contributed by atoms with Crippen LogP contribution in [0.5, 0.6) is 0 Å². The highest BCUT2D eigenvalue weighted by Gasteiger charge is 2.13. The molecule has 0 bridgehead atoms. The molecule has 0 aromatic heterocycles. The third-order valence-corrected chi connectivity index (χ3v) is 3.03. The van der Waals surface area contributed by atoms with Gasteiger partial charge in [0.2, 0.25) is 11.8 Å². The van der Waals surface area contributed by atoms with E-state index in [2.05, 4.69) is 10.6 Å². The molecule has 6 heteroatoms. The van der Waals surface area contributed by atoms with E-state index in [-0.39, 0.29) is 24.9 Å². The zero-order valence-corrected chi connectivity index (χ0v) is 12.7. The Hall–Kier alpha value is -1.92. The molecular weight excluding hydrogens is 268 g/mol. The lowest BCUT2D eigenvalue weighted by atomic mass is 10.2. The van der Waals surface area contributed by atoms with Gasteiger partial charge in [0.05, 0.1) is 13.1 Å². The van der Waals surface area contributed by atoms with Crippen LogP contribution < -0.4 is 16.4 Å². The molecule has 0 aliphatic heterocycles. The lowest BCUT2D eigenvalue weighted by Crippen LogP contribution is -2.40. The summed E-state index contributed by atoms with van der Waals surface area (Å²) in [6.07, 6.45) is 0.884. The SMILES string of the molecule is CCCN(CC(=O)NC)CC(=O)Nc1ccc(CN)cc1. The van der Waals surface area contributed by atoms with Gasteiger partial charge < -0.3 is 16.4 Å². The molecule has 0 unspecified atom stereocenters. The van der Waals surface area contributed by atoms with E-state index in [1.807, 2.05) is 36.1 Å². The minimum atomic E-state index is -0.132. The zero-order chi connectivity index (χ0) is 15.7. The topological polar surface area (TPSA) is 87.5 Å². The quantitative estimate of drug-likeness (QED) is 0.652. The number of carbonyl (C=O) groups excluding carboxylic acids is 2. The number of hydrogen-bond donors (Lipinski definition) is 3. The van der Waals surface area contributed by atoms with E-state index in [0.29, 0.717) is 13.1 Å². The van der Waals surface area contributed by atoms with Crippen LogP contribution in [-0.2, 0) is 16.1 Å². The Bertz CT molecular complexity index is 459. The smallest absolute Gasteiger partial charge is 0.238 e. The van der Waals surface area contributed by atoms with Crippen molar-refractivity contribution in [1.29, 1.82) is 0 Å². The lowest BCUT2D eigenvalue weighted by molar-refractivity contribution is -0.123. The van der Waals surface area contributed by atoms with Gasteiger partial charge in [-0.1, -0.05) is 19.1 Å². The highest BCUT2D eigenvalue weighted by Crippen LogP contribution is 2.09. The number of nitrogens with one attached hydrogen (secondary N) is 2. The van der Waals surface area contributed by atoms with E-state index >= 15 is 0 Å². The monoisotopic (exact) mass is 292 g/mol. The molecule has 0 saturated carbocycles. The average molecular weight is 292 g/mol. The second-order valence-electron chi connectivity index (χ2n) is 4.83.